The molecule has 1 unspecified atom stereocenters. The smallest absolute Gasteiger partial charge is 0.387 e. The van der Waals surface area contributed by atoms with Crippen LogP contribution in [0, 0.1) is 11.5 Å². The summed E-state index contributed by atoms with van der Waals surface area (Å²) in [6, 6.07) is 24.4. The molecule has 3 aromatic carbocycles. The van der Waals surface area contributed by atoms with Crippen molar-refractivity contribution in [2.45, 2.75) is 32.1 Å². The number of benzene rings is 3. The molecule has 0 saturated carbocycles. The molecular weight excluding hydrogens is 538 g/mol. The normalized spacial score (nSPS) is 12.1. The Bertz CT molecular complexity index is 1460. The van der Waals surface area contributed by atoms with E-state index >= 15 is 0 Å². The number of nitriles is 1. The number of rotatable bonds is 11. The van der Waals surface area contributed by atoms with Crippen LogP contribution in [0.5, 0.6) is 11.5 Å². The van der Waals surface area contributed by atoms with Crippen LogP contribution in [0.3, 0.4) is 0 Å². The van der Waals surface area contributed by atoms with Gasteiger partial charge in [-0.1, -0.05) is 48.5 Å². The number of ether oxygens (including phenoxy) is 2. The van der Waals surface area contributed by atoms with Crippen molar-refractivity contribution in [2.24, 2.45) is 4.99 Å². The minimum atomic E-state index is -3.23. The van der Waals surface area contributed by atoms with Gasteiger partial charge in [0, 0.05) is 24.9 Å². The van der Waals surface area contributed by atoms with Crippen LogP contribution >= 0.6 is 0 Å². The highest BCUT2D eigenvalue weighted by molar-refractivity contribution is 5.83. The van der Waals surface area contributed by atoms with E-state index < -0.39 is 24.7 Å². The summed E-state index contributed by atoms with van der Waals surface area (Å²) in [5.41, 5.74) is 3.83. The Kier molecular flexibility index (Phi) is 10.1. The van der Waals surface area contributed by atoms with Gasteiger partial charge in [0.05, 0.1) is 5.69 Å². The Morgan fingerprint density at radius 3 is 2.12 bits per heavy atom. The Balaban J connectivity index is 1.63. The molecule has 0 aliphatic rings. The lowest BCUT2D eigenvalue weighted by Crippen LogP contribution is -2.33. The molecule has 1 heterocycles. The quantitative estimate of drug-likeness (QED) is 0.0711. The molecule has 0 saturated heterocycles. The van der Waals surface area contributed by atoms with E-state index in [0.29, 0.717) is 24.2 Å². The summed E-state index contributed by atoms with van der Waals surface area (Å²) in [6.45, 7) is -5.98. The van der Waals surface area contributed by atoms with E-state index in [9.17, 15) is 17.6 Å². The van der Waals surface area contributed by atoms with E-state index in [1.807, 2.05) is 60.8 Å². The van der Waals surface area contributed by atoms with Crippen molar-refractivity contribution in [3.05, 3.63) is 120 Å². The number of pyridine rings is 1. The molecule has 210 valence electrons. The van der Waals surface area contributed by atoms with Gasteiger partial charge in [-0.25, -0.2) is 4.99 Å². The van der Waals surface area contributed by atoms with Gasteiger partial charge in [-0.05, 0) is 65.1 Å². The summed E-state index contributed by atoms with van der Waals surface area (Å²) in [5.74, 6) is -1.09. The van der Waals surface area contributed by atoms with Crippen molar-refractivity contribution in [3.63, 3.8) is 0 Å². The lowest BCUT2D eigenvalue weighted by molar-refractivity contribution is -0.0692. The summed E-state index contributed by atoms with van der Waals surface area (Å²) in [4.78, 5) is 8.51. The standard InChI is InChI=1S/C30H25F4N5O2/c31-28(32)40-26-11-8-23(17-27(26)41-29(33)34)25(16-20-12-14-36-15-13-20)22-6-9-24(10-7-22)39-30(38-19-35)37-18-21-4-2-1-3-5-21/h1-15,17,25,28-29H,16,18H2,(H2,37,38,39). The number of aromatic nitrogens is 1. The Morgan fingerprint density at radius 2 is 1.46 bits per heavy atom. The maximum atomic E-state index is 13.1. The summed E-state index contributed by atoms with van der Waals surface area (Å²) in [5, 5.41) is 14.8. The molecule has 1 aromatic heterocycles. The highest BCUT2D eigenvalue weighted by Gasteiger charge is 2.21. The largest absolute Gasteiger partial charge is 0.431 e. The zero-order chi connectivity index (χ0) is 29.0. The van der Waals surface area contributed by atoms with Gasteiger partial charge in [-0.3, -0.25) is 10.3 Å². The Hall–Kier alpha value is -5.11. The first kappa shape index (κ1) is 28.9. The number of nitrogens with zero attached hydrogens (tertiary/aromatic N) is 3. The fraction of sp³-hybridized carbons (Fsp3) is 0.167. The zero-order valence-electron chi connectivity index (χ0n) is 21.6. The molecular formula is C30H25F4N5O2. The molecule has 11 heteroatoms. The van der Waals surface area contributed by atoms with Crippen LogP contribution in [-0.2, 0) is 13.0 Å². The SMILES string of the molecule is N#CNC(=Nc1ccc(C(Cc2ccncc2)c2ccc(OC(F)F)c(OC(F)F)c2)cc1)NCc1ccccc1. The molecule has 1 atom stereocenters. The highest BCUT2D eigenvalue weighted by Crippen LogP contribution is 2.37. The Morgan fingerprint density at radius 1 is 0.805 bits per heavy atom. The van der Waals surface area contributed by atoms with Crippen molar-refractivity contribution in [2.75, 3.05) is 0 Å². The predicted molar refractivity (Wildman–Crippen MR) is 145 cm³/mol. The second kappa shape index (κ2) is 14.3. The maximum Gasteiger partial charge on any atom is 0.387 e. The van der Waals surface area contributed by atoms with Crippen LogP contribution in [0.2, 0.25) is 0 Å². The molecule has 0 fully saturated rings. The maximum absolute atomic E-state index is 13.1. The molecule has 4 rings (SSSR count). The van der Waals surface area contributed by atoms with Gasteiger partial charge in [0.2, 0.25) is 5.96 Å². The first-order valence-electron chi connectivity index (χ1n) is 12.5. The van der Waals surface area contributed by atoms with Gasteiger partial charge in [0.15, 0.2) is 17.7 Å². The lowest BCUT2D eigenvalue weighted by atomic mass is 9.86. The molecule has 0 spiro atoms. The molecule has 0 bridgehead atoms. The number of hydrogen-bond acceptors (Lipinski definition) is 5. The fourth-order valence-corrected chi connectivity index (χ4v) is 4.16. The van der Waals surface area contributed by atoms with Crippen LogP contribution in [0.4, 0.5) is 23.2 Å². The summed E-state index contributed by atoms with van der Waals surface area (Å²) in [6.07, 6.45) is 5.60. The van der Waals surface area contributed by atoms with Gasteiger partial charge in [-0.2, -0.15) is 22.8 Å². The molecule has 0 aliphatic heterocycles. The number of aliphatic imine (C=N–C) groups is 1. The van der Waals surface area contributed by atoms with Crippen LogP contribution in [0.1, 0.15) is 28.2 Å². The monoisotopic (exact) mass is 563 g/mol. The number of nitrogens with one attached hydrogen (secondary N) is 2. The van der Waals surface area contributed by atoms with E-state index in [1.165, 1.54) is 18.2 Å². The molecule has 2 N–H and O–H groups in total. The van der Waals surface area contributed by atoms with Gasteiger partial charge in [-0.15, -0.1) is 0 Å². The van der Waals surface area contributed by atoms with Crippen LogP contribution in [0.15, 0.2) is 102 Å². The lowest BCUT2D eigenvalue weighted by Gasteiger charge is -2.21. The number of hydrogen-bond donors (Lipinski definition) is 2. The summed E-state index contributed by atoms with van der Waals surface area (Å²) < 4.78 is 60.7. The molecule has 0 radical (unpaired) electrons. The molecule has 7 nitrogen and oxygen atoms in total. The topological polar surface area (TPSA) is 91.6 Å². The minimum absolute atomic E-state index is 0.265. The predicted octanol–water partition coefficient (Wildman–Crippen LogP) is 6.51. The number of halogens is 4. The van der Waals surface area contributed by atoms with Crippen molar-refractivity contribution in [3.8, 4) is 17.7 Å². The fourth-order valence-electron chi connectivity index (χ4n) is 4.16. The van der Waals surface area contributed by atoms with Gasteiger partial charge >= 0.3 is 13.2 Å². The summed E-state index contributed by atoms with van der Waals surface area (Å²) in [7, 11) is 0. The second-order valence-electron chi connectivity index (χ2n) is 8.70. The average molecular weight is 564 g/mol. The van der Waals surface area contributed by atoms with Crippen LogP contribution < -0.4 is 20.1 Å². The third kappa shape index (κ3) is 8.69. The molecule has 0 amide bonds. The molecule has 4 aromatic rings. The van der Waals surface area contributed by atoms with Crippen molar-refractivity contribution in [1.29, 1.82) is 5.26 Å². The first-order valence-corrected chi connectivity index (χ1v) is 12.5. The summed E-state index contributed by atoms with van der Waals surface area (Å²) >= 11 is 0. The first-order chi connectivity index (χ1) is 19.9. The van der Waals surface area contributed by atoms with Crippen molar-refractivity contribution in [1.82, 2.24) is 15.6 Å². The van der Waals surface area contributed by atoms with Crippen LogP contribution in [0.25, 0.3) is 0 Å². The third-order valence-electron chi connectivity index (χ3n) is 6.00. The average Bonchev–Trinajstić information content (AvgIpc) is 2.97. The van der Waals surface area contributed by atoms with E-state index in [-0.39, 0.29) is 11.9 Å². The van der Waals surface area contributed by atoms with Crippen molar-refractivity contribution >= 4 is 11.6 Å². The van der Waals surface area contributed by atoms with E-state index in [4.69, 9.17) is 5.26 Å². The Labute approximate surface area is 234 Å². The van der Waals surface area contributed by atoms with Gasteiger partial charge in [0.25, 0.3) is 0 Å². The van der Waals surface area contributed by atoms with Crippen molar-refractivity contribution < 1.29 is 27.0 Å². The second-order valence-corrected chi connectivity index (χ2v) is 8.70. The minimum Gasteiger partial charge on any atom is -0.431 e. The highest BCUT2D eigenvalue weighted by atomic mass is 19.3. The third-order valence-corrected chi connectivity index (χ3v) is 6.00. The molecule has 41 heavy (non-hydrogen) atoms. The van der Waals surface area contributed by atoms with E-state index in [2.05, 4.69) is 30.1 Å². The van der Waals surface area contributed by atoms with E-state index in [1.54, 1.807) is 24.5 Å². The molecule has 0 aliphatic carbocycles. The number of alkyl halides is 4. The van der Waals surface area contributed by atoms with E-state index in [0.717, 1.165) is 16.7 Å². The van der Waals surface area contributed by atoms with Gasteiger partial charge in [0.1, 0.15) is 0 Å². The van der Waals surface area contributed by atoms with Crippen LogP contribution in [-0.4, -0.2) is 24.2 Å². The van der Waals surface area contributed by atoms with Gasteiger partial charge < -0.3 is 14.8 Å². The number of guanidine groups is 1. The zero-order valence-corrected chi connectivity index (χ0v) is 21.6.